The van der Waals surface area contributed by atoms with Crippen LogP contribution in [0.3, 0.4) is 0 Å². The lowest BCUT2D eigenvalue weighted by atomic mass is 10.1. The smallest absolute Gasteiger partial charge is 0.0796 e. The molecule has 2 aliphatic heterocycles. The summed E-state index contributed by atoms with van der Waals surface area (Å²) in [5, 5.41) is 2.50. The molecule has 16 heavy (non-hydrogen) atoms. The average Bonchev–Trinajstić information content (AvgIpc) is 2.92. The Hall–Kier alpha value is -1.54. The third-order valence-corrected chi connectivity index (χ3v) is 4.13. The number of rotatable bonds is 0. The fourth-order valence-electron chi connectivity index (χ4n) is 2.38. The molecule has 0 aromatic heterocycles. The molecule has 0 saturated heterocycles. The predicted octanol–water partition coefficient (Wildman–Crippen LogP) is 2.50. The monoisotopic (exact) mass is 223 g/mol. The zero-order chi connectivity index (χ0) is 10.5. The van der Waals surface area contributed by atoms with E-state index in [9.17, 15) is 0 Å². The largest absolute Gasteiger partial charge is 0.247 e. The van der Waals surface area contributed by atoms with E-state index in [1.807, 2.05) is 17.8 Å². The van der Waals surface area contributed by atoms with Gasteiger partial charge in [0.25, 0.3) is 0 Å². The van der Waals surface area contributed by atoms with Crippen molar-refractivity contribution < 1.29 is 0 Å². The van der Waals surface area contributed by atoms with Crippen LogP contribution in [-0.2, 0) is 0 Å². The van der Waals surface area contributed by atoms with Crippen molar-refractivity contribution in [2.24, 2.45) is 4.99 Å². The molecular formula is C14H9NS. The Kier molecular flexibility index (Phi) is 1.60. The van der Waals surface area contributed by atoms with Crippen LogP contribution in [0.5, 0.6) is 0 Å². The van der Waals surface area contributed by atoms with Gasteiger partial charge in [0.1, 0.15) is 0 Å². The number of hydrogen-bond acceptors (Lipinski definition) is 2. The highest BCUT2D eigenvalue weighted by Crippen LogP contribution is 2.32. The Morgan fingerprint density at radius 3 is 2.94 bits per heavy atom. The third kappa shape index (κ3) is 1.000. The van der Waals surface area contributed by atoms with Gasteiger partial charge in [-0.3, -0.25) is 0 Å². The zero-order valence-electron chi connectivity index (χ0n) is 8.60. The van der Waals surface area contributed by atoms with Gasteiger partial charge < -0.3 is 0 Å². The number of benzene rings is 2. The maximum absolute atomic E-state index is 4.74. The summed E-state index contributed by atoms with van der Waals surface area (Å²) in [5.74, 6) is 1.08. The van der Waals surface area contributed by atoms with Crippen molar-refractivity contribution in [3.05, 3.63) is 47.0 Å². The van der Waals surface area contributed by atoms with Crippen LogP contribution >= 0.6 is 11.8 Å². The maximum Gasteiger partial charge on any atom is 0.0796 e. The molecule has 0 N–H and O–H groups in total. The Labute approximate surface area is 97.5 Å². The molecule has 0 spiro atoms. The minimum absolute atomic E-state index is 1.08. The second kappa shape index (κ2) is 2.98. The van der Waals surface area contributed by atoms with Crippen LogP contribution in [0.2, 0.25) is 0 Å². The minimum atomic E-state index is 1.08. The average molecular weight is 223 g/mol. The quantitative estimate of drug-likeness (QED) is 0.570. The highest BCUT2D eigenvalue weighted by Gasteiger charge is 2.16. The molecule has 2 heteroatoms. The van der Waals surface area contributed by atoms with Crippen LogP contribution in [0.4, 0.5) is 5.69 Å². The molecule has 0 bridgehead atoms. The summed E-state index contributed by atoms with van der Waals surface area (Å²) in [5.41, 5.74) is 3.66. The Morgan fingerprint density at radius 2 is 1.94 bits per heavy atom. The van der Waals surface area contributed by atoms with Crippen molar-refractivity contribution in [1.29, 1.82) is 0 Å². The lowest BCUT2D eigenvalue weighted by Crippen LogP contribution is -2.25. The molecule has 1 nitrogen and oxygen atoms in total. The van der Waals surface area contributed by atoms with E-state index in [2.05, 4.69) is 36.4 Å². The molecule has 2 aliphatic rings. The number of nitrogens with zero attached hydrogens (tertiary/aromatic N) is 1. The normalized spacial score (nSPS) is 14.8. The summed E-state index contributed by atoms with van der Waals surface area (Å²) in [6, 6.07) is 12.8. The lowest BCUT2D eigenvalue weighted by Gasteiger charge is -1.98. The standard InChI is InChI=1S/C14H9NS/c1-2-4-12-9(3-1)10-5-6-13-11(7-8-16-13)14(10)15-12/h1-7H,8H2. The van der Waals surface area contributed by atoms with Gasteiger partial charge in [-0.25, -0.2) is 4.99 Å². The molecule has 4 rings (SSSR count). The topological polar surface area (TPSA) is 12.4 Å². The molecule has 0 saturated carbocycles. The molecule has 2 aromatic carbocycles. The Bertz CT molecular complexity index is 716. The first-order valence-electron chi connectivity index (χ1n) is 5.37. The molecular weight excluding hydrogens is 214 g/mol. The first-order chi connectivity index (χ1) is 7.93. The van der Waals surface area contributed by atoms with E-state index in [1.54, 1.807) is 0 Å². The lowest BCUT2D eigenvalue weighted by molar-refractivity contribution is 1.28. The van der Waals surface area contributed by atoms with Crippen molar-refractivity contribution in [3.8, 4) is 11.1 Å². The van der Waals surface area contributed by atoms with Crippen molar-refractivity contribution >= 4 is 23.5 Å². The molecule has 76 valence electrons. The van der Waals surface area contributed by atoms with Crippen LogP contribution in [-0.4, -0.2) is 5.75 Å². The van der Waals surface area contributed by atoms with E-state index in [-0.39, 0.29) is 0 Å². The van der Waals surface area contributed by atoms with E-state index < -0.39 is 0 Å². The number of thioether (sulfide) groups is 1. The molecule has 0 aliphatic carbocycles. The SMILES string of the molecule is C1=c2c(ccc3c2=Nc2ccccc2-3)SC1. The molecule has 0 unspecified atom stereocenters. The Morgan fingerprint density at radius 1 is 1.00 bits per heavy atom. The summed E-state index contributed by atoms with van der Waals surface area (Å²) in [7, 11) is 0. The van der Waals surface area contributed by atoms with Gasteiger partial charge in [-0.15, -0.1) is 11.8 Å². The van der Waals surface area contributed by atoms with Crippen LogP contribution < -0.4 is 10.6 Å². The minimum Gasteiger partial charge on any atom is -0.247 e. The predicted molar refractivity (Wildman–Crippen MR) is 67.5 cm³/mol. The molecule has 0 atom stereocenters. The van der Waals surface area contributed by atoms with Gasteiger partial charge in [0, 0.05) is 27.0 Å². The number of fused-ring (bicyclic) bond motifs is 5. The van der Waals surface area contributed by atoms with Crippen molar-refractivity contribution in [2.75, 3.05) is 5.75 Å². The first kappa shape index (κ1) is 8.59. The summed E-state index contributed by atoms with van der Waals surface area (Å²) in [6.45, 7) is 0. The molecule has 0 amide bonds. The van der Waals surface area contributed by atoms with E-state index in [4.69, 9.17) is 4.99 Å². The molecule has 0 radical (unpaired) electrons. The summed E-state index contributed by atoms with van der Waals surface area (Å²) in [4.78, 5) is 6.11. The van der Waals surface area contributed by atoms with E-state index in [1.165, 1.54) is 26.6 Å². The van der Waals surface area contributed by atoms with Gasteiger partial charge in [-0.05, 0) is 12.1 Å². The van der Waals surface area contributed by atoms with Gasteiger partial charge in [-0.1, -0.05) is 30.3 Å². The third-order valence-electron chi connectivity index (χ3n) is 3.13. The summed E-state index contributed by atoms with van der Waals surface area (Å²) in [6.07, 6.45) is 2.29. The second-order valence-electron chi connectivity index (χ2n) is 4.02. The van der Waals surface area contributed by atoms with Gasteiger partial charge >= 0.3 is 0 Å². The molecule has 2 aromatic rings. The van der Waals surface area contributed by atoms with Crippen LogP contribution in [0.25, 0.3) is 17.2 Å². The Balaban J connectivity index is 2.19. The van der Waals surface area contributed by atoms with Gasteiger partial charge in [0.2, 0.25) is 0 Å². The van der Waals surface area contributed by atoms with E-state index in [0.717, 1.165) is 11.4 Å². The molecule has 2 heterocycles. The first-order valence-corrected chi connectivity index (χ1v) is 6.36. The fraction of sp³-hybridized carbons (Fsp3) is 0.0714. The maximum atomic E-state index is 4.74. The summed E-state index contributed by atoms with van der Waals surface area (Å²) < 4.78 is 0. The number of hydrogen-bond donors (Lipinski definition) is 0. The number of para-hydroxylation sites is 1. The van der Waals surface area contributed by atoms with Crippen molar-refractivity contribution in [1.82, 2.24) is 0 Å². The highest BCUT2D eigenvalue weighted by atomic mass is 32.2. The van der Waals surface area contributed by atoms with Gasteiger partial charge in [-0.2, -0.15) is 0 Å². The van der Waals surface area contributed by atoms with E-state index >= 15 is 0 Å². The van der Waals surface area contributed by atoms with E-state index in [0.29, 0.717) is 0 Å². The van der Waals surface area contributed by atoms with Crippen molar-refractivity contribution in [2.45, 2.75) is 4.90 Å². The summed E-state index contributed by atoms with van der Waals surface area (Å²) >= 11 is 1.90. The molecule has 0 fully saturated rings. The zero-order valence-corrected chi connectivity index (χ0v) is 9.42. The van der Waals surface area contributed by atoms with Gasteiger partial charge in [0.15, 0.2) is 0 Å². The highest BCUT2D eigenvalue weighted by molar-refractivity contribution is 7.99. The van der Waals surface area contributed by atoms with Crippen LogP contribution in [0.1, 0.15) is 0 Å². The van der Waals surface area contributed by atoms with Crippen LogP contribution in [0, 0.1) is 0 Å². The van der Waals surface area contributed by atoms with Crippen molar-refractivity contribution in [3.63, 3.8) is 0 Å². The second-order valence-corrected chi connectivity index (χ2v) is 5.08. The fourth-order valence-corrected chi connectivity index (χ4v) is 3.31. The van der Waals surface area contributed by atoms with Gasteiger partial charge in [0.05, 0.1) is 11.0 Å². The van der Waals surface area contributed by atoms with Crippen LogP contribution in [0.15, 0.2) is 46.3 Å².